The first-order chi connectivity index (χ1) is 8.47. The number of hydrogen-bond acceptors (Lipinski definition) is 3. The number of nitrogens with zero attached hydrogens (tertiary/aromatic N) is 2. The SMILES string of the molecule is CCC(C(=O)O)N(C)C(=O)Nc1cccnc1C. The Morgan fingerprint density at radius 2 is 2.22 bits per heavy atom. The van der Waals surface area contributed by atoms with Gasteiger partial charge >= 0.3 is 12.0 Å². The van der Waals surface area contributed by atoms with Gasteiger partial charge in [0.05, 0.1) is 11.4 Å². The van der Waals surface area contributed by atoms with Crippen LogP contribution in [-0.2, 0) is 4.79 Å². The lowest BCUT2D eigenvalue weighted by Crippen LogP contribution is -2.44. The molecule has 18 heavy (non-hydrogen) atoms. The highest BCUT2D eigenvalue weighted by Crippen LogP contribution is 2.12. The Hall–Kier alpha value is -2.11. The summed E-state index contributed by atoms with van der Waals surface area (Å²) in [5, 5.41) is 11.6. The molecule has 6 nitrogen and oxygen atoms in total. The van der Waals surface area contributed by atoms with Crippen molar-refractivity contribution in [1.29, 1.82) is 0 Å². The first-order valence-electron chi connectivity index (χ1n) is 5.65. The summed E-state index contributed by atoms with van der Waals surface area (Å²) < 4.78 is 0. The topological polar surface area (TPSA) is 82.5 Å². The minimum atomic E-state index is -1.02. The van der Waals surface area contributed by atoms with Crippen LogP contribution in [0.15, 0.2) is 18.3 Å². The van der Waals surface area contributed by atoms with Crippen molar-refractivity contribution < 1.29 is 14.7 Å². The van der Waals surface area contributed by atoms with Gasteiger partial charge in [0.1, 0.15) is 6.04 Å². The molecule has 1 atom stereocenters. The van der Waals surface area contributed by atoms with Gasteiger partial charge in [0.15, 0.2) is 0 Å². The van der Waals surface area contributed by atoms with Gasteiger partial charge < -0.3 is 15.3 Å². The van der Waals surface area contributed by atoms with Crippen molar-refractivity contribution in [2.24, 2.45) is 0 Å². The van der Waals surface area contributed by atoms with Crippen LogP contribution >= 0.6 is 0 Å². The van der Waals surface area contributed by atoms with Crippen LogP contribution in [0, 0.1) is 6.92 Å². The van der Waals surface area contributed by atoms with Crippen molar-refractivity contribution in [2.45, 2.75) is 26.3 Å². The van der Waals surface area contributed by atoms with E-state index in [-0.39, 0.29) is 0 Å². The average molecular weight is 251 g/mol. The third-order valence-electron chi connectivity index (χ3n) is 2.71. The predicted octanol–water partition coefficient (Wildman–Crippen LogP) is 1.72. The number of pyridine rings is 1. The van der Waals surface area contributed by atoms with Gasteiger partial charge in [-0.2, -0.15) is 0 Å². The predicted molar refractivity (Wildman–Crippen MR) is 67.5 cm³/mol. The molecule has 2 N–H and O–H groups in total. The Morgan fingerprint density at radius 3 is 2.72 bits per heavy atom. The van der Waals surface area contributed by atoms with E-state index >= 15 is 0 Å². The van der Waals surface area contributed by atoms with Gasteiger partial charge in [-0.05, 0) is 25.5 Å². The van der Waals surface area contributed by atoms with Crippen LogP contribution in [0.3, 0.4) is 0 Å². The number of nitrogens with one attached hydrogen (secondary N) is 1. The minimum Gasteiger partial charge on any atom is -0.480 e. The molecule has 1 aromatic rings. The van der Waals surface area contributed by atoms with Crippen molar-refractivity contribution in [1.82, 2.24) is 9.88 Å². The highest BCUT2D eigenvalue weighted by Gasteiger charge is 2.24. The van der Waals surface area contributed by atoms with E-state index in [2.05, 4.69) is 10.3 Å². The number of aliphatic carboxylic acids is 1. The van der Waals surface area contributed by atoms with Gasteiger partial charge in [-0.15, -0.1) is 0 Å². The maximum absolute atomic E-state index is 11.9. The molecule has 0 aromatic carbocycles. The number of amides is 2. The maximum atomic E-state index is 11.9. The normalized spacial score (nSPS) is 11.7. The lowest BCUT2D eigenvalue weighted by atomic mass is 10.2. The second-order valence-electron chi connectivity index (χ2n) is 3.94. The Morgan fingerprint density at radius 1 is 1.56 bits per heavy atom. The molecule has 6 heteroatoms. The minimum absolute atomic E-state index is 0.352. The van der Waals surface area contributed by atoms with Gasteiger partial charge in [-0.25, -0.2) is 9.59 Å². The number of carbonyl (C=O) groups is 2. The van der Waals surface area contributed by atoms with Crippen LogP contribution in [0.1, 0.15) is 19.0 Å². The molecular weight excluding hydrogens is 234 g/mol. The standard InChI is InChI=1S/C12H17N3O3/c1-4-10(11(16)17)15(3)12(18)14-9-6-5-7-13-8(9)2/h5-7,10H,4H2,1-3H3,(H,14,18)(H,16,17). The zero-order valence-electron chi connectivity index (χ0n) is 10.7. The molecule has 0 saturated carbocycles. The number of rotatable bonds is 4. The summed E-state index contributed by atoms with van der Waals surface area (Å²) >= 11 is 0. The molecule has 0 bridgehead atoms. The molecule has 1 aromatic heterocycles. The zero-order valence-corrected chi connectivity index (χ0v) is 10.7. The fraction of sp³-hybridized carbons (Fsp3) is 0.417. The van der Waals surface area contributed by atoms with E-state index in [1.807, 2.05) is 0 Å². The first-order valence-corrected chi connectivity index (χ1v) is 5.65. The molecule has 0 spiro atoms. The van der Waals surface area contributed by atoms with Gasteiger partial charge in [-0.3, -0.25) is 4.98 Å². The Bertz CT molecular complexity index is 448. The smallest absolute Gasteiger partial charge is 0.326 e. The Balaban J connectivity index is 2.77. The molecule has 0 aliphatic carbocycles. The van der Waals surface area contributed by atoms with E-state index in [0.717, 1.165) is 0 Å². The molecule has 2 amide bonds. The van der Waals surface area contributed by atoms with Crippen molar-refractivity contribution >= 4 is 17.7 Å². The fourth-order valence-electron chi connectivity index (χ4n) is 1.58. The molecule has 1 heterocycles. The quantitative estimate of drug-likeness (QED) is 0.853. The van der Waals surface area contributed by atoms with Gasteiger partial charge in [0, 0.05) is 13.2 Å². The van der Waals surface area contributed by atoms with Crippen LogP contribution in [0.25, 0.3) is 0 Å². The lowest BCUT2D eigenvalue weighted by Gasteiger charge is -2.24. The van der Waals surface area contributed by atoms with Crippen LogP contribution in [-0.4, -0.2) is 40.1 Å². The monoisotopic (exact) mass is 251 g/mol. The van der Waals surface area contributed by atoms with E-state index in [9.17, 15) is 9.59 Å². The molecule has 98 valence electrons. The number of carboxylic acid groups (broad SMARTS) is 1. The largest absolute Gasteiger partial charge is 0.480 e. The molecule has 0 fully saturated rings. The number of likely N-dealkylation sites (N-methyl/N-ethyl adjacent to an activating group) is 1. The molecule has 0 radical (unpaired) electrons. The summed E-state index contributed by atoms with van der Waals surface area (Å²) in [4.78, 5) is 28.1. The molecular formula is C12H17N3O3. The molecule has 1 rings (SSSR count). The van der Waals surface area contributed by atoms with Crippen LogP contribution < -0.4 is 5.32 Å². The van der Waals surface area contributed by atoms with Gasteiger partial charge in [0.2, 0.25) is 0 Å². The second-order valence-corrected chi connectivity index (χ2v) is 3.94. The zero-order chi connectivity index (χ0) is 13.7. The summed E-state index contributed by atoms with van der Waals surface area (Å²) in [6, 6.07) is 2.13. The highest BCUT2D eigenvalue weighted by atomic mass is 16.4. The van der Waals surface area contributed by atoms with Gasteiger partial charge in [0.25, 0.3) is 0 Å². The molecule has 0 aliphatic rings. The number of carboxylic acids is 1. The molecule has 0 aliphatic heterocycles. The Labute approximate surface area is 106 Å². The summed E-state index contributed by atoms with van der Waals surface area (Å²) in [6.45, 7) is 3.49. The van der Waals surface area contributed by atoms with Crippen LogP contribution in [0.5, 0.6) is 0 Å². The van der Waals surface area contributed by atoms with Crippen molar-refractivity contribution in [3.05, 3.63) is 24.0 Å². The summed E-state index contributed by atoms with van der Waals surface area (Å²) in [7, 11) is 1.46. The van der Waals surface area contributed by atoms with E-state index in [1.165, 1.54) is 11.9 Å². The fourth-order valence-corrected chi connectivity index (χ4v) is 1.58. The summed E-state index contributed by atoms with van der Waals surface area (Å²) in [5.41, 5.74) is 1.26. The van der Waals surface area contributed by atoms with E-state index < -0.39 is 18.0 Å². The molecule has 0 saturated heterocycles. The average Bonchev–Trinajstić information content (AvgIpc) is 2.32. The van der Waals surface area contributed by atoms with Crippen LogP contribution in [0.4, 0.5) is 10.5 Å². The number of anilines is 1. The number of urea groups is 1. The van der Waals surface area contributed by atoms with E-state index in [0.29, 0.717) is 17.8 Å². The number of aromatic nitrogens is 1. The third-order valence-corrected chi connectivity index (χ3v) is 2.71. The number of carbonyl (C=O) groups excluding carboxylic acids is 1. The number of hydrogen-bond donors (Lipinski definition) is 2. The highest BCUT2D eigenvalue weighted by molar-refractivity contribution is 5.92. The van der Waals surface area contributed by atoms with Crippen LogP contribution in [0.2, 0.25) is 0 Å². The second kappa shape index (κ2) is 6.00. The van der Waals surface area contributed by atoms with Crippen molar-refractivity contribution in [3.63, 3.8) is 0 Å². The van der Waals surface area contributed by atoms with E-state index in [1.54, 1.807) is 32.2 Å². The molecule has 1 unspecified atom stereocenters. The maximum Gasteiger partial charge on any atom is 0.326 e. The summed E-state index contributed by atoms with van der Waals surface area (Å²) in [5.74, 6) is -1.02. The number of aryl methyl sites for hydroxylation is 1. The van der Waals surface area contributed by atoms with E-state index in [4.69, 9.17) is 5.11 Å². The summed E-state index contributed by atoms with van der Waals surface area (Å²) in [6.07, 6.45) is 1.98. The lowest BCUT2D eigenvalue weighted by molar-refractivity contribution is -0.141. The third kappa shape index (κ3) is 3.19. The van der Waals surface area contributed by atoms with Gasteiger partial charge in [-0.1, -0.05) is 6.92 Å². The van der Waals surface area contributed by atoms with Crippen molar-refractivity contribution in [3.8, 4) is 0 Å². The Kier molecular flexibility index (Phi) is 4.65. The first kappa shape index (κ1) is 14.0. The van der Waals surface area contributed by atoms with Crippen molar-refractivity contribution in [2.75, 3.05) is 12.4 Å².